The number of hydrogen-bond acceptors (Lipinski definition) is 5. The molecule has 2 fully saturated rings. The van der Waals surface area contributed by atoms with Crippen molar-refractivity contribution in [2.24, 2.45) is 5.92 Å². The summed E-state index contributed by atoms with van der Waals surface area (Å²) in [5.41, 5.74) is 1.61. The van der Waals surface area contributed by atoms with E-state index in [0.29, 0.717) is 39.0 Å². The van der Waals surface area contributed by atoms with E-state index in [9.17, 15) is 14.4 Å². The fourth-order valence-corrected chi connectivity index (χ4v) is 4.23. The van der Waals surface area contributed by atoms with E-state index < -0.39 is 0 Å². The van der Waals surface area contributed by atoms with Crippen LogP contribution in [-0.4, -0.2) is 75.6 Å². The lowest BCUT2D eigenvalue weighted by Gasteiger charge is -2.42. The van der Waals surface area contributed by atoms with Crippen LogP contribution in [0.1, 0.15) is 24.6 Å². The summed E-state index contributed by atoms with van der Waals surface area (Å²) in [6.45, 7) is 5.75. The van der Waals surface area contributed by atoms with E-state index >= 15 is 0 Å². The van der Waals surface area contributed by atoms with Crippen LogP contribution in [0.2, 0.25) is 0 Å². The van der Waals surface area contributed by atoms with Crippen molar-refractivity contribution >= 4 is 11.8 Å². The number of aryl methyl sites for hydroxylation is 1. The van der Waals surface area contributed by atoms with Crippen molar-refractivity contribution in [3.63, 3.8) is 0 Å². The van der Waals surface area contributed by atoms with Crippen molar-refractivity contribution in [1.29, 1.82) is 0 Å². The smallest absolute Gasteiger partial charge is 0.267 e. The molecule has 1 unspecified atom stereocenters. The zero-order chi connectivity index (χ0) is 18.4. The SMILES string of the molecule is CCn1nc2c(cc1=O)CN(C(=O)C1CC(=O)N(C3CN(C)C3)C1)CC2. The van der Waals surface area contributed by atoms with Crippen molar-refractivity contribution in [3.05, 3.63) is 27.7 Å². The summed E-state index contributed by atoms with van der Waals surface area (Å²) in [5, 5.41) is 4.39. The molecule has 8 heteroatoms. The Hall–Kier alpha value is -2.22. The number of carbonyl (C=O) groups excluding carboxylic acids is 2. The summed E-state index contributed by atoms with van der Waals surface area (Å²) in [7, 11) is 2.03. The molecule has 1 atom stereocenters. The molecule has 0 bridgehead atoms. The van der Waals surface area contributed by atoms with Crippen LogP contribution in [0.4, 0.5) is 0 Å². The molecule has 4 heterocycles. The second kappa shape index (κ2) is 6.50. The summed E-state index contributed by atoms with van der Waals surface area (Å²) < 4.78 is 1.46. The highest BCUT2D eigenvalue weighted by Gasteiger charge is 2.42. The molecule has 0 saturated carbocycles. The molecule has 0 radical (unpaired) electrons. The maximum atomic E-state index is 12.9. The Balaban J connectivity index is 1.44. The lowest BCUT2D eigenvalue weighted by Crippen LogP contribution is -2.58. The van der Waals surface area contributed by atoms with E-state index in [1.807, 2.05) is 18.9 Å². The third-order valence-corrected chi connectivity index (χ3v) is 5.75. The first kappa shape index (κ1) is 17.2. The molecular formula is C18H25N5O3. The summed E-state index contributed by atoms with van der Waals surface area (Å²) in [5.74, 6) is -0.149. The molecule has 1 aromatic heterocycles. The third-order valence-electron chi connectivity index (χ3n) is 5.75. The van der Waals surface area contributed by atoms with Crippen LogP contribution in [0.3, 0.4) is 0 Å². The lowest BCUT2D eigenvalue weighted by molar-refractivity contribution is -0.136. The molecule has 0 spiro atoms. The van der Waals surface area contributed by atoms with Gasteiger partial charge in [0.15, 0.2) is 0 Å². The molecular weight excluding hydrogens is 334 g/mol. The van der Waals surface area contributed by atoms with Gasteiger partial charge in [0.2, 0.25) is 11.8 Å². The highest BCUT2D eigenvalue weighted by molar-refractivity contribution is 5.89. The maximum absolute atomic E-state index is 12.9. The second-order valence-corrected chi connectivity index (χ2v) is 7.60. The number of carbonyl (C=O) groups is 2. The predicted octanol–water partition coefficient (Wildman–Crippen LogP) is -0.690. The normalized spacial score (nSPS) is 23.9. The van der Waals surface area contributed by atoms with Gasteiger partial charge in [0.05, 0.1) is 17.7 Å². The molecule has 2 saturated heterocycles. The molecule has 0 aromatic carbocycles. The summed E-state index contributed by atoms with van der Waals surface area (Å²) >= 11 is 0. The van der Waals surface area contributed by atoms with Gasteiger partial charge in [-0.05, 0) is 14.0 Å². The molecule has 0 aliphatic carbocycles. The number of nitrogens with zero attached hydrogens (tertiary/aromatic N) is 5. The van der Waals surface area contributed by atoms with Gasteiger partial charge in [-0.15, -0.1) is 0 Å². The number of aromatic nitrogens is 2. The van der Waals surface area contributed by atoms with Gasteiger partial charge < -0.3 is 14.7 Å². The number of hydrogen-bond donors (Lipinski definition) is 0. The van der Waals surface area contributed by atoms with Crippen LogP contribution in [0.15, 0.2) is 10.9 Å². The standard InChI is InChI=1S/C18H25N5O3/c1-3-23-17(25)6-12-8-21(5-4-15(12)19-23)18(26)13-7-16(24)22(9-13)14-10-20(2)11-14/h6,13-14H,3-5,7-11H2,1-2H3. The van der Waals surface area contributed by atoms with Gasteiger partial charge in [-0.25, -0.2) is 4.68 Å². The minimum absolute atomic E-state index is 0.0267. The molecule has 1 aromatic rings. The van der Waals surface area contributed by atoms with Gasteiger partial charge >= 0.3 is 0 Å². The Labute approximate surface area is 152 Å². The Morgan fingerprint density at radius 3 is 2.73 bits per heavy atom. The van der Waals surface area contributed by atoms with Gasteiger partial charge in [0.1, 0.15) is 0 Å². The fraction of sp³-hybridized carbons (Fsp3) is 0.667. The summed E-state index contributed by atoms with van der Waals surface area (Å²) in [6, 6.07) is 1.85. The van der Waals surface area contributed by atoms with Crippen LogP contribution < -0.4 is 5.56 Å². The van der Waals surface area contributed by atoms with Crippen LogP contribution in [0.5, 0.6) is 0 Å². The van der Waals surface area contributed by atoms with Crippen molar-refractivity contribution in [2.45, 2.75) is 38.9 Å². The Bertz CT molecular complexity index is 799. The van der Waals surface area contributed by atoms with E-state index in [0.717, 1.165) is 24.3 Å². The van der Waals surface area contributed by atoms with Gasteiger partial charge in [0, 0.05) is 63.7 Å². The molecule has 2 amide bonds. The van der Waals surface area contributed by atoms with Crippen molar-refractivity contribution in [3.8, 4) is 0 Å². The van der Waals surface area contributed by atoms with Crippen molar-refractivity contribution < 1.29 is 9.59 Å². The fourth-order valence-electron chi connectivity index (χ4n) is 4.23. The average molecular weight is 359 g/mol. The van der Waals surface area contributed by atoms with E-state index in [1.165, 1.54) is 4.68 Å². The largest absolute Gasteiger partial charge is 0.338 e. The van der Waals surface area contributed by atoms with E-state index in [1.54, 1.807) is 11.0 Å². The van der Waals surface area contributed by atoms with Crippen LogP contribution in [-0.2, 0) is 29.1 Å². The monoisotopic (exact) mass is 359 g/mol. The zero-order valence-electron chi connectivity index (χ0n) is 15.3. The van der Waals surface area contributed by atoms with Gasteiger partial charge in [0.25, 0.3) is 5.56 Å². The molecule has 140 valence electrons. The van der Waals surface area contributed by atoms with Crippen LogP contribution in [0, 0.1) is 5.92 Å². The summed E-state index contributed by atoms with van der Waals surface area (Å²) in [4.78, 5) is 43.1. The molecule has 3 aliphatic rings. The maximum Gasteiger partial charge on any atom is 0.267 e. The van der Waals surface area contributed by atoms with Gasteiger partial charge in [-0.1, -0.05) is 0 Å². The molecule has 3 aliphatic heterocycles. The quantitative estimate of drug-likeness (QED) is 0.714. The minimum atomic E-state index is -0.265. The van der Waals surface area contributed by atoms with Gasteiger partial charge in [-0.2, -0.15) is 5.10 Å². The summed E-state index contributed by atoms with van der Waals surface area (Å²) in [6.07, 6.45) is 0.956. The number of likely N-dealkylation sites (tertiary alicyclic amines) is 2. The highest BCUT2D eigenvalue weighted by Crippen LogP contribution is 2.27. The first-order valence-electron chi connectivity index (χ1n) is 9.33. The third kappa shape index (κ3) is 2.92. The van der Waals surface area contributed by atoms with Crippen molar-refractivity contribution in [1.82, 2.24) is 24.5 Å². The Morgan fingerprint density at radius 1 is 1.27 bits per heavy atom. The van der Waals surface area contributed by atoms with Crippen molar-refractivity contribution in [2.75, 3.05) is 33.2 Å². The minimum Gasteiger partial charge on any atom is -0.338 e. The number of likely N-dealkylation sites (N-methyl/N-ethyl adjacent to an activating group) is 1. The van der Waals surface area contributed by atoms with Gasteiger partial charge in [-0.3, -0.25) is 14.4 Å². The molecule has 26 heavy (non-hydrogen) atoms. The van der Waals surface area contributed by atoms with Crippen LogP contribution in [0.25, 0.3) is 0 Å². The topological polar surface area (TPSA) is 78.8 Å². The molecule has 8 nitrogen and oxygen atoms in total. The lowest BCUT2D eigenvalue weighted by atomic mass is 10.0. The van der Waals surface area contributed by atoms with Crippen LogP contribution >= 0.6 is 0 Å². The average Bonchev–Trinajstić information content (AvgIpc) is 2.98. The van der Waals surface area contributed by atoms with E-state index in [2.05, 4.69) is 10.00 Å². The highest BCUT2D eigenvalue weighted by atomic mass is 16.2. The number of fused-ring (bicyclic) bond motifs is 1. The Kier molecular flexibility index (Phi) is 4.30. The first-order valence-corrected chi connectivity index (χ1v) is 9.33. The predicted molar refractivity (Wildman–Crippen MR) is 94.4 cm³/mol. The molecule has 0 N–H and O–H groups in total. The zero-order valence-corrected chi connectivity index (χ0v) is 15.3. The van der Waals surface area contributed by atoms with E-state index in [4.69, 9.17) is 0 Å². The number of rotatable bonds is 3. The first-order chi connectivity index (χ1) is 12.5. The number of amides is 2. The molecule has 4 rings (SSSR count). The Morgan fingerprint density at radius 2 is 2.04 bits per heavy atom. The second-order valence-electron chi connectivity index (χ2n) is 7.60. The van der Waals surface area contributed by atoms with E-state index in [-0.39, 0.29) is 29.3 Å².